The number of allylic oxidation sites excluding steroid dienone is 1. The Morgan fingerprint density at radius 1 is 1.42 bits per heavy atom. The molecule has 12 heavy (non-hydrogen) atoms. The van der Waals surface area contributed by atoms with Crippen molar-refractivity contribution >= 4 is 5.71 Å². The van der Waals surface area contributed by atoms with Crippen LogP contribution in [-0.4, -0.2) is 15.5 Å². The summed E-state index contributed by atoms with van der Waals surface area (Å²) in [6.07, 6.45) is 3.52. The lowest BCUT2D eigenvalue weighted by Gasteiger charge is -1.89. The number of hydrogen-bond acceptors (Lipinski definition) is 2. The van der Waals surface area contributed by atoms with E-state index >= 15 is 0 Å². The van der Waals surface area contributed by atoms with Crippen molar-refractivity contribution in [2.75, 3.05) is 0 Å². The van der Waals surface area contributed by atoms with E-state index in [0.717, 1.165) is 17.1 Å². The number of hydrogen-bond donors (Lipinski definition) is 0. The molecule has 0 bridgehead atoms. The molecule has 2 heterocycles. The zero-order valence-electron chi connectivity index (χ0n) is 7.02. The summed E-state index contributed by atoms with van der Waals surface area (Å²) >= 11 is 0. The highest BCUT2D eigenvalue weighted by atomic mass is 15.3. The van der Waals surface area contributed by atoms with E-state index in [0.29, 0.717) is 0 Å². The van der Waals surface area contributed by atoms with Gasteiger partial charge in [0.2, 0.25) is 0 Å². The molecule has 0 aliphatic carbocycles. The molecule has 4 nitrogen and oxygen atoms in total. The Hall–Kier alpha value is -1.58. The molecule has 2 rings (SSSR count). The van der Waals surface area contributed by atoms with Gasteiger partial charge in [0.1, 0.15) is 11.4 Å². The predicted octanol–water partition coefficient (Wildman–Crippen LogP) is 0.564. The first-order valence-electron chi connectivity index (χ1n) is 3.73. The van der Waals surface area contributed by atoms with Crippen LogP contribution < -0.4 is 5.43 Å². The van der Waals surface area contributed by atoms with Gasteiger partial charge in [-0.05, 0) is 19.1 Å². The van der Waals surface area contributed by atoms with E-state index in [2.05, 4.69) is 15.6 Å². The van der Waals surface area contributed by atoms with Crippen LogP contribution in [0.2, 0.25) is 0 Å². The van der Waals surface area contributed by atoms with Crippen LogP contribution in [0, 0.1) is 6.92 Å². The second-order valence-corrected chi connectivity index (χ2v) is 2.71. The maximum Gasteiger partial charge on any atom is 0.115 e. The van der Waals surface area contributed by atoms with Crippen molar-refractivity contribution in [3.63, 3.8) is 0 Å². The highest BCUT2D eigenvalue weighted by molar-refractivity contribution is 6.08. The molecule has 0 fully saturated rings. The second kappa shape index (κ2) is 2.48. The first-order valence-corrected chi connectivity index (χ1v) is 3.73. The van der Waals surface area contributed by atoms with Gasteiger partial charge in [-0.25, -0.2) is 0 Å². The van der Waals surface area contributed by atoms with Crippen LogP contribution in [0.15, 0.2) is 23.4 Å². The van der Waals surface area contributed by atoms with Crippen LogP contribution in [0.3, 0.4) is 0 Å². The molecule has 0 spiro atoms. The van der Waals surface area contributed by atoms with Gasteiger partial charge in [0, 0.05) is 12.7 Å². The fourth-order valence-corrected chi connectivity index (χ4v) is 1.06. The van der Waals surface area contributed by atoms with Crippen LogP contribution in [0.5, 0.6) is 0 Å². The minimum atomic E-state index is 0.832. The molecule has 1 aromatic heterocycles. The topological polar surface area (TPSA) is 44.3 Å². The summed E-state index contributed by atoms with van der Waals surface area (Å²) in [5.74, 6) is 0. The molecule has 1 aromatic rings. The van der Waals surface area contributed by atoms with Gasteiger partial charge in [0.15, 0.2) is 0 Å². The fraction of sp³-hybridized carbons (Fsp3) is 0.250. The Morgan fingerprint density at radius 3 is 2.75 bits per heavy atom. The van der Waals surface area contributed by atoms with Crippen molar-refractivity contribution in [1.82, 2.24) is 15.2 Å². The average Bonchev–Trinajstić information content (AvgIpc) is 2.61. The van der Waals surface area contributed by atoms with Crippen molar-refractivity contribution in [1.29, 1.82) is 0 Å². The van der Waals surface area contributed by atoms with Gasteiger partial charge >= 0.3 is 0 Å². The lowest BCUT2D eigenvalue weighted by molar-refractivity contribution is 0.737. The molecule has 0 saturated carbocycles. The molecule has 4 heteroatoms. The Kier molecular flexibility index (Phi) is 1.46. The number of aryl methyl sites for hydroxylation is 2. The third kappa shape index (κ3) is 1.01. The minimum absolute atomic E-state index is 0.832. The molecule has 0 unspecified atom stereocenters. The van der Waals surface area contributed by atoms with E-state index in [4.69, 9.17) is 0 Å². The standard InChI is InChI=1S/C8H9N4/c1-6-5-8(11-12(6)2)7-3-4-9-10-7/h3-5H,1-2H3. The normalized spacial score (nSPS) is 14.7. The third-order valence-electron chi connectivity index (χ3n) is 1.84. The van der Waals surface area contributed by atoms with Crippen LogP contribution in [0.4, 0.5) is 0 Å². The van der Waals surface area contributed by atoms with Crippen LogP contribution in [-0.2, 0) is 7.05 Å². The summed E-state index contributed by atoms with van der Waals surface area (Å²) in [4.78, 5) is 0. The monoisotopic (exact) mass is 161 g/mol. The van der Waals surface area contributed by atoms with Crippen LogP contribution in [0.25, 0.3) is 0 Å². The zero-order valence-corrected chi connectivity index (χ0v) is 7.02. The highest BCUT2D eigenvalue weighted by Gasteiger charge is 2.08. The summed E-state index contributed by atoms with van der Waals surface area (Å²) in [5.41, 5.74) is 6.57. The van der Waals surface area contributed by atoms with Crippen molar-refractivity contribution in [2.45, 2.75) is 6.92 Å². The molecule has 0 amide bonds. The fourth-order valence-electron chi connectivity index (χ4n) is 1.06. The molecule has 1 aliphatic rings. The molecule has 0 atom stereocenters. The van der Waals surface area contributed by atoms with E-state index in [1.54, 1.807) is 6.20 Å². The summed E-state index contributed by atoms with van der Waals surface area (Å²) in [6, 6.07) is 1.99. The molecule has 0 saturated heterocycles. The average molecular weight is 161 g/mol. The lowest BCUT2D eigenvalue weighted by Crippen LogP contribution is -1.98. The second-order valence-electron chi connectivity index (χ2n) is 2.71. The molecular weight excluding hydrogens is 152 g/mol. The van der Waals surface area contributed by atoms with Crippen molar-refractivity contribution in [3.8, 4) is 0 Å². The zero-order chi connectivity index (χ0) is 8.55. The first kappa shape index (κ1) is 7.09. The molecule has 0 N–H and O–H groups in total. The van der Waals surface area contributed by atoms with Gasteiger partial charge in [-0.3, -0.25) is 4.68 Å². The molecule has 61 valence electrons. The van der Waals surface area contributed by atoms with Gasteiger partial charge in [0.05, 0.1) is 6.20 Å². The largest absolute Gasteiger partial charge is 0.272 e. The van der Waals surface area contributed by atoms with Crippen LogP contribution >= 0.6 is 0 Å². The Bertz CT molecular complexity index is 340. The maximum atomic E-state index is 4.27. The van der Waals surface area contributed by atoms with E-state index in [1.165, 1.54) is 0 Å². The SMILES string of the molecule is Cc1cc(C2=N[N]C=C2)nn1C. The lowest BCUT2D eigenvalue weighted by atomic mass is 10.2. The Balaban J connectivity index is 2.40. The van der Waals surface area contributed by atoms with Crippen molar-refractivity contribution in [3.05, 3.63) is 29.7 Å². The molecular formula is C8H9N4. The minimum Gasteiger partial charge on any atom is -0.272 e. The molecule has 1 aliphatic heterocycles. The Morgan fingerprint density at radius 2 is 2.25 bits per heavy atom. The quantitative estimate of drug-likeness (QED) is 0.593. The predicted molar refractivity (Wildman–Crippen MR) is 45.8 cm³/mol. The highest BCUT2D eigenvalue weighted by Crippen LogP contribution is 2.06. The molecule has 1 radical (unpaired) electrons. The number of rotatable bonds is 1. The van der Waals surface area contributed by atoms with E-state index in [1.807, 2.05) is 30.8 Å². The summed E-state index contributed by atoms with van der Waals surface area (Å²) in [5, 5.41) is 8.18. The number of aromatic nitrogens is 2. The van der Waals surface area contributed by atoms with Crippen LogP contribution in [0.1, 0.15) is 11.4 Å². The van der Waals surface area contributed by atoms with E-state index < -0.39 is 0 Å². The third-order valence-corrected chi connectivity index (χ3v) is 1.84. The van der Waals surface area contributed by atoms with Gasteiger partial charge in [-0.1, -0.05) is 0 Å². The summed E-state index contributed by atoms with van der Waals surface area (Å²) < 4.78 is 1.82. The van der Waals surface area contributed by atoms with Gasteiger partial charge < -0.3 is 0 Å². The van der Waals surface area contributed by atoms with E-state index in [-0.39, 0.29) is 0 Å². The summed E-state index contributed by atoms with van der Waals surface area (Å²) in [6.45, 7) is 2.01. The number of nitrogens with zero attached hydrogens (tertiary/aromatic N) is 4. The summed E-state index contributed by atoms with van der Waals surface area (Å²) in [7, 11) is 1.91. The van der Waals surface area contributed by atoms with Gasteiger partial charge in [0.25, 0.3) is 0 Å². The smallest absolute Gasteiger partial charge is 0.115 e. The first-order chi connectivity index (χ1) is 5.77. The molecule has 0 aromatic carbocycles. The van der Waals surface area contributed by atoms with Crippen molar-refractivity contribution < 1.29 is 0 Å². The maximum absolute atomic E-state index is 4.27. The van der Waals surface area contributed by atoms with Gasteiger partial charge in [-0.15, -0.1) is 5.10 Å². The van der Waals surface area contributed by atoms with Gasteiger partial charge in [-0.2, -0.15) is 10.5 Å². The van der Waals surface area contributed by atoms with Crippen molar-refractivity contribution in [2.24, 2.45) is 12.1 Å². The Labute approximate surface area is 70.6 Å². The van der Waals surface area contributed by atoms with E-state index in [9.17, 15) is 0 Å².